The molecular weight excluding hydrogens is 216 g/mol. The fraction of sp³-hybridized carbons (Fsp3) is 0.500. The predicted molar refractivity (Wildman–Crippen MR) is 66.7 cm³/mol. The molecule has 0 saturated carbocycles. The van der Waals surface area contributed by atoms with E-state index in [-0.39, 0.29) is 18.7 Å². The quantitative estimate of drug-likeness (QED) is 0.539. The monoisotopic (exact) mass is 236 g/mol. The van der Waals surface area contributed by atoms with E-state index >= 15 is 0 Å². The Bertz CT molecular complexity index is 321. The molecule has 0 aliphatic rings. The fourth-order valence-electron chi connectivity index (χ4n) is 1.39. The van der Waals surface area contributed by atoms with E-state index < -0.39 is 0 Å². The molecule has 0 spiro atoms. The van der Waals surface area contributed by atoms with E-state index in [1.165, 1.54) is 0 Å². The number of unbranched alkanes of at least 4 members (excludes halogenated alkanes) is 1. The van der Waals surface area contributed by atoms with Gasteiger partial charge in [0.2, 0.25) is 0 Å². The Morgan fingerprint density at radius 3 is 2.65 bits per heavy atom. The molecule has 1 aromatic rings. The maximum Gasteiger partial charge on any atom is 0.332 e. The van der Waals surface area contributed by atoms with Crippen molar-refractivity contribution in [2.24, 2.45) is 0 Å². The first kappa shape index (κ1) is 13.7. The molecule has 0 aromatic heterocycles. The highest BCUT2D eigenvalue weighted by molar-refractivity contribution is 5.70. The minimum Gasteiger partial charge on any atom is -0.464 e. The van der Waals surface area contributed by atoms with Gasteiger partial charge in [0.1, 0.15) is 6.61 Å². The highest BCUT2D eigenvalue weighted by Gasteiger charge is 2.08. The minimum atomic E-state index is -0.291. The molecule has 1 atom stereocenters. The van der Waals surface area contributed by atoms with Crippen LogP contribution in [0.2, 0.25) is 0 Å². The van der Waals surface area contributed by atoms with Crippen LogP contribution < -0.4 is 0 Å². The summed E-state index contributed by atoms with van der Waals surface area (Å²) in [7, 11) is 0. The smallest absolute Gasteiger partial charge is 0.332 e. The number of hydrogen-bond acceptors (Lipinski definition) is 3. The fourth-order valence-corrected chi connectivity index (χ4v) is 1.39. The first-order valence-electron chi connectivity index (χ1n) is 6.06. The van der Waals surface area contributed by atoms with E-state index in [9.17, 15) is 4.79 Å². The van der Waals surface area contributed by atoms with Gasteiger partial charge >= 0.3 is 5.97 Å². The molecule has 1 unspecified atom stereocenters. The van der Waals surface area contributed by atoms with Crippen molar-refractivity contribution >= 4 is 5.97 Å². The molecule has 0 heterocycles. The van der Waals surface area contributed by atoms with Gasteiger partial charge in [0, 0.05) is 0 Å². The van der Waals surface area contributed by atoms with Crippen LogP contribution in [0.1, 0.15) is 38.4 Å². The molecule has 3 nitrogen and oxygen atoms in total. The largest absolute Gasteiger partial charge is 0.464 e. The van der Waals surface area contributed by atoms with Crippen LogP contribution in [0.3, 0.4) is 0 Å². The lowest BCUT2D eigenvalue weighted by Crippen LogP contribution is -2.15. The number of carbonyl (C=O) groups is 1. The number of ether oxygens (including phenoxy) is 2. The molecule has 3 heteroatoms. The highest BCUT2D eigenvalue weighted by Crippen LogP contribution is 2.15. The van der Waals surface area contributed by atoms with Gasteiger partial charge in [-0.25, -0.2) is 4.79 Å². The molecule has 0 fully saturated rings. The van der Waals surface area contributed by atoms with Gasteiger partial charge in [0.25, 0.3) is 0 Å². The summed E-state index contributed by atoms with van der Waals surface area (Å²) in [6.07, 6.45) is 1.84. The normalized spacial score (nSPS) is 12.1. The highest BCUT2D eigenvalue weighted by atomic mass is 16.6. The van der Waals surface area contributed by atoms with Crippen LogP contribution in [-0.4, -0.2) is 19.2 Å². The molecule has 0 amide bonds. The third kappa shape index (κ3) is 5.50. The molecule has 94 valence electrons. The van der Waals surface area contributed by atoms with Gasteiger partial charge in [-0.15, -0.1) is 0 Å². The van der Waals surface area contributed by atoms with Crippen LogP contribution in [0.4, 0.5) is 0 Å². The second kappa shape index (κ2) is 7.85. The molecule has 0 aliphatic heterocycles. The van der Waals surface area contributed by atoms with Crippen molar-refractivity contribution in [3.8, 4) is 0 Å². The average Bonchev–Trinajstić information content (AvgIpc) is 2.37. The van der Waals surface area contributed by atoms with Gasteiger partial charge in [0.05, 0.1) is 12.7 Å². The Balaban J connectivity index is 2.24. The Morgan fingerprint density at radius 1 is 1.29 bits per heavy atom. The van der Waals surface area contributed by atoms with Gasteiger partial charge in [-0.05, 0) is 18.9 Å². The third-order valence-corrected chi connectivity index (χ3v) is 2.48. The van der Waals surface area contributed by atoms with E-state index in [1.807, 2.05) is 37.3 Å². The maximum absolute atomic E-state index is 11.3. The molecular formula is C14H20O3. The topological polar surface area (TPSA) is 35.5 Å². The molecule has 0 radical (unpaired) electrons. The Hall–Kier alpha value is -1.35. The lowest BCUT2D eigenvalue weighted by atomic mass is 10.1. The standard InChI is InChI=1S/C14H20O3/c1-3-4-10-16-14(15)11-17-12(2)13-8-6-5-7-9-13/h5-9,12H,3-4,10-11H2,1-2H3. The van der Waals surface area contributed by atoms with E-state index in [0.717, 1.165) is 18.4 Å². The lowest BCUT2D eigenvalue weighted by molar-refractivity contribution is -0.151. The summed E-state index contributed by atoms with van der Waals surface area (Å²) in [5, 5.41) is 0. The van der Waals surface area contributed by atoms with Gasteiger partial charge in [-0.2, -0.15) is 0 Å². The number of hydrogen-bond donors (Lipinski definition) is 0. The van der Waals surface area contributed by atoms with Crippen LogP contribution in [0, 0.1) is 0 Å². The van der Waals surface area contributed by atoms with Crippen molar-refractivity contribution < 1.29 is 14.3 Å². The molecule has 0 saturated heterocycles. The minimum absolute atomic E-state index is 0.0137. The lowest BCUT2D eigenvalue weighted by Gasteiger charge is -2.12. The Labute approximate surface area is 103 Å². The second-order valence-electron chi connectivity index (χ2n) is 3.94. The van der Waals surface area contributed by atoms with Crippen LogP contribution in [0.5, 0.6) is 0 Å². The van der Waals surface area contributed by atoms with E-state index in [1.54, 1.807) is 0 Å². The Morgan fingerprint density at radius 2 is 2.00 bits per heavy atom. The number of rotatable bonds is 7. The summed E-state index contributed by atoms with van der Waals surface area (Å²) in [5.41, 5.74) is 1.06. The van der Waals surface area contributed by atoms with E-state index in [2.05, 4.69) is 6.92 Å². The first-order chi connectivity index (χ1) is 8.24. The molecule has 17 heavy (non-hydrogen) atoms. The van der Waals surface area contributed by atoms with Gasteiger partial charge in [0.15, 0.2) is 0 Å². The summed E-state index contributed by atoms with van der Waals surface area (Å²) in [6.45, 7) is 4.48. The SMILES string of the molecule is CCCCOC(=O)COC(C)c1ccccc1. The van der Waals surface area contributed by atoms with Crippen LogP contribution >= 0.6 is 0 Å². The third-order valence-electron chi connectivity index (χ3n) is 2.48. The number of esters is 1. The summed E-state index contributed by atoms with van der Waals surface area (Å²) >= 11 is 0. The van der Waals surface area contributed by atoms with Crippen LogP contribution in [0.15, 0.2) is 30.3 Å². The molecule has 1 rings (SSSR count). The number of carbonyl (C=O) groups excluding carboxylic acids is 1. The van der Waals surface area contributed by atoms with Gasteiger partial charge in [-0.1, -0.05) is 43.7 Å². The Kier molecular flexibility index (Phi) is 6.33. The summed E-state index contributed by atoms with van der Waals surface area (Å²) < 4.78 is 10.5. The molecule has 0 bridgehead atoms. The second-order valence-corrected chi connectivity index (χ2v) is 3.94. The van der Waals surface area contributed by atoms with Crippen molar-refractivity contribution in [1.82, 2.24) is 0 Å². The van der Waals surface area contributed by atoms with Gasteiger partial charge < -0.3 is 9.47 Å². The zero-order chi connectivity index (χ0) is 12.5. The molecule has 1 aromatic carbocycles. The van der Waals surface area contributed by atoms with Crippen molar-refractivity contribution in [2.75, 3.05) is 13.2 Å². The summed E-state index contributed by atoms with van der Waals surface area (Å²) in [5.74, 6) is -0.291. The van der Waals surface area contributed by atoms with E-state index in [4.69, 9.17) is 9.47 Å². The zero-order valence-corrected chi connectivity index (χ0v) is 10.5. The average molecular weight is 236 g/mol. The van der Waals surface area contributed by atoms with Crippen molar-refractivity contribution in [3.63, 3.8) is 0 Å². The molecule has 0 N–H and O–H groups in total. The van der Waals surface area contributed by atoms with Crippen molar-refractivity contribution in [3.05, 3.63) is 35.9 Å². The van der Waals surface area contributed by atoms with Crippen LogP contribution in [0.25, 0.3) is 0 Å². The van der Waals surface area contributed by atoms with E-state index in [0.29, 0.717) is 6.61 Å². The molecule has 0 aliphatic carbocycles. The maximum atomic E-state index is 11.3. The van der Waals surface area contributed by atoms with Gasteiger partial charge in [-0.3, -0.25) is 0 Å². The van der Waals surface area contributed by atoms with Crippen molar-refractivity contribution in [1.29, 1.82) is 0 Å². The summed E-state index contributed by atoms with van der Waals surface area (Å²) in [6, 6.07) is 9.82. The predicted octanol–water partition coefficient (Wildman–Crippen LogP) is 3.11. The zero-order valence-electron chi connectivity index (χ0n) is 10.5. The van der Waals surface area contributed by atoms with Crippen molar-refractivity contribution in [2.45, 2.75) is 32.8 Å². The first-order valence-corrected chi connectivity index (χ1v) is 6.06. The van der Waals surface area contributed by atoms with Crippen LogP contribution in [-0.2, 0) is 14.3 Å². The summed E-state index contributed by atoms with van der Waals surface area (Å²) in [4.78, 5) is 11.3. The number of benzene rings is 1.